The van der Waals surface area contributed by atoms with Crippen LogP contribution in [0.3, 0.4) is 0 Å². The lowest BCUT2D eigenvalue weighted by Crippen LogP contribution is -2.19. The summed E-state index contributed by atoms with van der Waals surface area (Å²) in [5.74, 6) is 0. The highest BCUT2D eigenvalue weighted by atomic mass is 32.2. The summed E-state index contributed by atoms with van der Waals surface area (Å²) in [5.41, 5.74) is 1.72. The molecule has 1 atom stereocenters. The number of hydrogen-bond donors (Lipinski definition) is 0. The summed E-state index contributed by atoms with van der Waals surface area (Å²) >= 11 is 1.43. The molecular weight excluding hydrogens is 270 g/mol. The van der Waals surface area contributed by atoms with Gasteiger partial charge in [0.25, 0.3) is 0 Å². The zero-order chi connectivity index (χ0) is 13.9. The SMILES string of the molecule is C[C@H](c1ccccc1)n1nncc1C(=O)SC1CCC1. The molecule has 0 aliphatic heterocycles. The van der Waals surface area contributed by atoms with Crippen molar-refractivity contribution in [2.45, 2.75) is 37.5 Å². The number of thioether (sulfide) groups is 1. The zero-order valence-corrected chi connectivity index (χ0v) is 12.2. The Bertz CT molecular complexity index is 592. The molecule has 1 heterocycles. The van der Waals surface area contributed by atoms with Crippen molar-refractivity contribution >= 4 is 16.9 Å². The minimum Gasteiger partial charge on any atom is -0.280 e. The van der Waals surface area contributed by atoms with E-state index in [2.05, 4.69) is 10.3 Å². The topological polar surface area (TPSA) is 47.8 Å². The Hall–Kier alpha value is -1.62. The van der Waals surface area contributed by atoms with Crippen molar-refractivity contribution in [2.75, 3.05) is 0 Å². The molecule has 1 aliphatic rings. The first kappa shape index (κ1) is 13.4. The zero-order valence-electron chi connectivity index (χ0n) is 11.4. The predicted octanol–water partition coefficient (Wildman–Crippen LogP) is 3.31. The van der Waals surface area contributed by atoms with Gasteiger partial charge in [0.2, 0.25) is 5.12 Å². The molecule has 3 rings (SSSR count). The summed E-state index contributed by atoms with van der Waals surface area (Å²) < 4.78 is 1.73. The van der Waals surface area contributed by atoms with Crippen LogP contribution in [0.4, 0.5) is 0 Å². The molecule has 0 spiro atoms. The van der Waals surface area contributed by atoms with E-state index >= 15 is 0 Å². The fourth-order valence-corrected chi connectivity index (χ4v) is 3.39. The number of nitrogens with zero attached hydrogens (tertiary/aromatic N) is 3. The van der Waals surface area contributed by atoms with Gasteiger partial charge in [-0.15, -0.1) is 5.10 Å². The van der Waals surface area contributed by atoms with Gasteiger partial charge in [0.15, 0.2) is 0 Å². The molecule has 1 fully saturated rings. The first-order valence-corrected chi connectivity index (χ1v) is 7.80. The molecule has 1 aliphatic carbocycles. The highest BCUT2D eigenvalue weighted by Gasteiger charge is 2.25. The monoisotopic (exact) mass is 287 g/mol. The lowest BCUT2D eigenvalue weighted by Gasteiger charge is -2.23. The summed E-state index contributed by atoms with van der Waals surface area (Å²) in [5, 5.41) is 8.59. The Labute approximate surface area is 122 Å². The Balaban J connectivity index is 1.80. The van der Waals surface area contributed by atoms with Crippen LogP contribution in [0.5, 0.6) is 0 Å². The van der Waals surface area contributed by atoms with Gasteiger partial charge in [0.1, 0.15) is 5.69 Å². The maximum absolute atomic E-state index is 12.3. The normalized spacial score (nSPS) is 16.6. The molecule has 0 bridgehead atoms. The molecule has 1 aromatic carbocycles. The molecule has 4 nitrogen and oxygen atoms in total. The summed E-state index contributed by atoms with van der Waals surface area (Å²) in [6.45, 7) is 2.04. The Morgan fingerprint density at radius 2 is 2.10 bits per heavy atom. The molecule has 0 amide bonds. The number of hydrogen-bond acceptors (Lipinski definition) is 4. The van der Waals surface area contributed by atoms with Crippen molar-refractivity contribution in [3.05, 3.63) is 47.8 Å². The summed E-state index contributed by atoms with van der Waals surface area (Å²) in [7, 11) is 0. The van der Waals surface area contributed by atoms with Gasteiger partial charge in [0.05, 0.1) is 12.2 Å². The molecule has 20 heavy (non-hydrogen) atoms. The maximum atomic E-state index is 12.3. The van der Waals surface area contributed by atoms with Crippen molar-refractivity contribution in [3.63, 3.8) is 0 Å². The van der Waals surface area contributed by atoms with Gasteiger partial charge in [-0.1, -0.05) is 53.7 Å². The van der Waals surface area contributed by atoms with Crippen molar-refractivity contribution in [1.82, 2.24) is 15.0 Å². The molecule has 0 saturated heterocycles. The van der Waals surface area contributed by atoms with E-state index in [0.29, 0.717) is 10.9 Å². The van der Waals surface area contributed by atoms with Gasteiger partial charge in [-0.2, -0.15) is 0 Å². The van der Waals surface area contributed by atoms with E-state index in [4.69, 9.17) is 0 Å². The number of aromatic nitrogens is 3. The molecule has 0 unspecified atom stereocenters. The molecule has 1 aromatic heterocycles. The van der Waals surface area contributed by atoms with Gasteiger partial charge in [0, 0.05) is 5.25 Å². The fourth-order valence-electron chi connectivity index (χ4n) is 2.25. The van der Waals surface area contributed by atoms with Crippen LogP contribution >= 0.6 is 11.8 Å². The second-order valence-electron chi connectivity index (χ2n) is 5.11. The van der Waals surface area contributed by atoms with Crippen molar-refractivity contribution in [2.24, 2.45) is 0 Å². The van der Waals surface area contributed by atoms with Crippen molar-refractivity contribution in [1.29, 1.82) is 0 Å². The van der Waals surface area contributed by atoms with E-state index < -0.39 is 0 Å². The fraction of sp³-hybridized carbons (Fsp3) is 0.400. The quantitative estimate of drug-likeness (QED) is 0.865. The third kappa shape index (κ3) is 2.63. The average Bonchev–Trinajstić information content (AvgIpc) is 2.92. The van der Waals surface area contributed by atoms with Crippen molar-refractivity contribution in [3.8, 4) is 0 Å². The standard InChI is InChI=1S/C15H17N3OS/c1-11(12-6-3-2-4-7-12)18-14(10-16-17-18)15(19)20-13-8-5-9-13/h2-4,6-7,10-11,13H,5,8-9H2,1H3/t11-/m1/s1. The van der Waals surface area contributed by atoms with E-state index in [1.165, 1.54) is 18.2 Å². The lowest BCUT2D eigenvalue weighted by atomic mass is 10.0. The van der Waals surface area contributed by atoms with Crippen LogP contribution < -0.4 is 0 Å². The van der Waals surface area contributed by atoms with Crippen LogP contribution in [0.2, 0.25) is 0 Å². The van der Waals surface area contributed by atoms with E-state index in [0.717, 1.165) is 18.4 Å². The maximum Gasteiger partial charge on any atom is 0.239 e. The highest BCUT2D eigenvalue weighted by Crippen LogP contribution is 2.33. The molecule has 0 N–H and O–H groups in total. The largest absolute Gasteiger partial charge is 0.280 e. The summed E-state index contributed by atoms with van der Waals surface area (Å²) in [4.78, 5) is 12.3. The average molecular weight is 287 g/mol. The molecule has 5 heteroatoms. The van der Waals surface area contributed by atoms with Crippen LogP contribution in [0.15, 0.2) is 36.5 Å². The third-order valence-electron chi connectivity index (χ3n) is 3.76. The minimum atomic E-state index is 0.0136. The molecule has 1 saturated carbocycles. The van der Waals surface area contributed by atoms with Crippen LogP contribution in [-0.2, 0) is 0 Å². The van der Waals surface area contributed by atoms with Gasteiger partial charge < -0.3 is 0 Å². The summed E-state index contributed by atoms with van der Waals surface area (Å²) in [6, 6.07) is 10.1. The first-order chi connectivity index (χ1) is 9.75. The predicted molar refractivity (Wildman–Crippen MR) is 79.8 cm³/mol. The number of carbonyl (C=O) groups excluding carboxylic acids is 1. The number of rotatable bonds is 4. The van der Waals surface area contributed by atoms with Crippen LogP contribution in [-0.4, -0.2) is 25.4 Å². The molecule has 0 radical (unpaired) electrons. The second kappa shape index (κ2) is 5.79. The Morgan fingerprint density at radius 1 is 1.35 bits per heavy atom. The number of carbonyl (C=O) groups is 1. The van der Waals surface area contributed by atoms with Crippen LogP contribution in [0.25, 0.3) is 0 Å². The highest BCUT2D eigenvalue weighted by molar-refractivity contribution is 8.14. The van der Waals surface area contributed by atoms with E-state index in [1.54, 1.807) is 10.9 Å². The van der Waals surface area contributed by atoms with E-state index in [9.17, 15) is 4.79 Å². The lowest BCUT2D eigenvalue weighted by molar-refractivity contribution is 0.107. The van der Waals surface area contributed by atoms with Gasteiger partial charge >= 0.3 is 0 Å². The molecular formula is C15H17N3OS. The van der Waals surface area contributed by atoms with E-state index in [1.807, 2.05) is 37.3 Å². The van der Waals surface area contributed by atoms with E-state index in [-0.39, 0.29) is 11.2 Å². The Morgan fingerprint density at radius 3 is 2.75 bits per heavy atom. The van der Waals surface area contributed by atoms with Crippen molar-refractivity contribution < 1.29 is 4.79 Å². The second-order valence-corrected chi connectivity index (χ2v) is 6.38. The molecule has 104 valence electrons. The number of benzene rings is 1. The van der Waals surface area contributed by atoms with Gasteiger partial charge in [-0.05, 0) is 25.3 Å². The Kier molecular flexibility index (Phi) is 3.87. The third-order valence-corrected chi connectivity index (χ3v) is 4.99. The first-order valence-electron chi connectivity index (χ1n) is 6.92. The van der Waals surface area contributed by atoms with Crippen LogP contribution in [0, 0.1) is 0 Å². The molecule has 2 aromatic rings. The van der Waals surface area contributed by atoms with Gasteiger partial charge in [-0.25, -0.2) is 4.68 Å². The smallest absolute Gasteiger partial charge is 0.239 e. The summed E-state index contributed by atoms with van der Waals surface area (Å²) in [6.07, 6.45) is 5.11. The minimum absolute atomic E-state index is 0.0136. The van der Waals surface area contributed by atoms with Gasteiger partial charge in [-0.3, -0.25) is 4.79 Å². The van der Waals surface area contributed by atoms with Crippen LogP contribution in [0.1, 0.15) is 48.3 Å².